The lowest BCUT2D eigenvalue weighted by atomic mass is 10.3. The number of hydrogen-bond donors (Lipinski definition) is 2. The molecule has 1 aliphatic rings. The van der Waals surface area contributed by atoms with E-state index in [0.717, 1.165) is 44.3 Å². The molecule has 1 aromatic heterocycles. The molecule has 17 heavy (non-hydrogen) atoms. The number of thiophene rings is 1. The Kier molecular flexibility index (Phi) is 4.97. The molecular formula is C12H19N2O2S+. The first-order valence-corrected chi connectivity index (χ1v) is 6.93. The van der Waals surface area contributed by atoms with Crippen LogP contribution in [0.5, 0.6) is 0 Å². The summed E-state index contributed by atoms with van der Waals surface area (Å²) >= 11 is 1.63. The van der Waals surface area contributed by atoms with Gasteiger partial charge in [-0.15, -0.1) is 11.3 Å². The van der Waals surface area contributed by atoms with E-state index in [1.807, 2.05) is 17.5 Å². The Morgan fingerprint density at radius 2 is 2.29 bits per heavy atom. The van der Waals surface area contributed by atoms with Crippen LogP contribution in [0, 0.1) is 0 Å². The first-order valence-electron chi connectivity index (χ1n) is 6.05. The normalized spacial score (nSPS) is 16.9. The van der Waals surface area contributed by atoms with Gasteiger partial charge in [-0.25, -0.2) is 0 Å². The quantitative estimate of drug-likeness (QED) is 0.732. The Morgan fingerprint density at radius 1 is 1.47 bits per heavy atom. The molecule has 1 aliphatic heterocycles. The fourth-order valence-corrected chi connectivity index (χ4v) is 2.63. The summed E-state index contributed by atoms with van der Waals surface area (Å²) in [4.78, 5) is 14.3. The summed E-state index contributed by atoms with van der Waals surface area (Å²) in [5, 5.41) is 4.97. The van der Waals surface area contributed by atoms with Gasteiger partial charge in [-0.05, 0) is 11.4 Å². The minimum Gasteiger partial charge on any atom is -0.370 e. The third-order valence-electron chi connectivity index (χ3n) is 2.92. The monoisotopic (exact) mass is 255 g/mol. The molecule has 0 atom stereocenters. The van der Waals surface area contributed by atoms with Gasteiger partial charge < -0.3 is 15.0 Å². The van der Waals surface area contributed by atoms with E-state index >= 15 is 0 Å². The molecule has 5 heteroatoms. The highest BCUT2D eigenvalue weighted by Gasteiger charge is 2.13. The number of hydrogen-bond acceptors (Lipinski definition) is 3. The average Bonchev–Trinajstić information content (AvgIpc) is 2.83. The van der Waals surface area contributed by atoms with E-state index < -0.39 is 0 Å². The van der Waals surface area contributed by atoms with Crippen molar-refractivity contribution in [1.29, 1.82) is 0 Å². The first kappa shape index (κ1) is 12.5. The van der Waals surface area contributed by atoms with Gasteiger partial charge in [0.15, 0.2) is 0 Å². The van der Waals surface area contributed by atoms with Gasteiger partial charge in [0.05, 0.1) is 32.7 Å². The van der Waals surface area contributed by atoms with E-state index in [9.17, 15) is 4.79 Å². The number of carbonyl (C=O) groups is 1. The molecular weight excluding hydrogens is 236 g/mol. The number of quaternary nitrogens is 1. The highest BCUT2D eigenvalue weighted by atomic mass is 32.1. The first-order chi connectivity index (χ1) is 8.34. The van der Waals surface area contributed by atoms with E-state index in [1.165, 1.54) is 4.90 Å². The fourth-order valence-electron chi connectivity index (χ4n) is 1.92. The summed E-state index contributed by atoms with van der Waals surface area (Å²) in [6.07, 6.45) is 0.510. The number of carbonyl (C=O) groups excluding carboxylic acids is 1. The average molecular weight is 255 g/mol. The van der Waals surface area contributed by atoms with Crippen LogP contribution in [0.15, 0.2) is 17.5 Å². The number of morpholine rings is 1. The van der Waals surface area contributed by atoms with Gasteiger partial charge in [-0.2, -0.15) is 0 Å². The predicted octanol–water partition coefficient (Wildman–Crippen LogP) is -0.678. The molecule has 1 amide bonds. The number of rotatable bonds is 5. The maximum atomic E-state index is 11.6. The minimum atomic E-state index is 0.125. The zero-order valence-electron chi connectivity index (χ0n) is 9.91. The Hall–Kier alpha value is -0.910. The second-order valence-corrected chi connectivity index (χ2v) is 5.25. The summed E-state index contributed by atoms with van der Waals surface area (Å²) < 4.78 is 5.29. The summed E-state index contributed by atoms with van der Waals surface area (Å²) in [7, 11) is 0. The largest absolute Gasteiger partial charge is 0.370 e. The maximum Gasteiger partial charge on any atom is 0.225 e. The molecule has 2 N–H and O–H groups in total. The fraction of sp³-hybridized carbons (Fsp3) is 0.583. The predicted molar refractivity (Wildman–Crippen MR) is 67.4 cm³/mol. The van der Waals surface area contributed by atoms with Crippen molar-refractivity contribution in [2.24, 2.45) is 0 Å². The zero-order valence-corrected chi connectivity index (χ0v) is 10.7. The standard InChI is InChI=1S/C12H18N2O2S/c15-12(10-11-2-1-9-17-11)13-3-4-14-5-7-16-8-6-14/h1-2,9H,3-8,10H2,(H,13,15)/p+1. The number of nitrogens with one attached hydrogen (secondary N) is 2. The van der Waals surface area contributed by atoms with Crippen molar-refractivity contribution in [3.63, 3.8) is 0 Å². The molecule has 1 fully saturated rings. The van der Waals surface area contributed by atoms with Crippen molar-refractivity contribution in [3.05, 3.63) is 22.4 Å². The third kappa shape index (κ3) is 4.46. The lowest BCUT2D eigenvalue weighted by Gasteiger charge is -2.23. The highest BCUT2D eigenvalue weighted by Crippen LogP contribution is 2.08. The van der Waals surface area contributed by atoms with Crippen LogP contribution in [0.3, 0.4) is 0 Å². The van der Waals surface area contributed by atoms with Crippen molar-refractivity contribution in [3.8, 4) is 0 Å². The van der Waals surface area contributed by atoms with Gasteiger partial charge in [-0.3, -0.25) is 4.79 Å². The van der Waals surface area contributed by atoms with Crippen molar-refractivity contribution in [1.82, 2.24) is 5.32 Å². The topological polar surface area (TPSA) is 42.8 Å². The Balaban J connectivity index is 1.59. The molecule has 2 heterocycles. The molecule has 0 spiro atoms. The molecule has 0 bridgehead atoms. The molecule has 4 nitrogen and oxygen atoms in total. The molecule has 0 unspecified atom stereocenters. The van der Waals surface area contributed by atoms with Crippen LogP contribution in [0.4, 0.5) is 0 Å². The van der Waals surface area contributed by atoms with E-state index in [4.69, 9.17) is 4.74 Å². The summed E-state index contributed by atoms with van der Waals surface area (Å²) in [6, 6.07) is 3.97. The van der Waals surface area contributed by atoms with Gasteiger partial charge in [0.25, 0.3) is 0 Å². The smallest absolute Gasteiger partial charge is 0.225 e. The zero-order chi connectivity index (χ0) is 11.9. The highest BCUT2D eigenvalue weighted by molar-refractivity contribution is 7.10. The Morgan fingerprint density at radius 3 is 3.00 bits per heavy atom. The van der Waals surface area contributed by atoms with Crippen LogP contribution in [-0.4, -0.2) is 45.3 Å². The van der Waals surface area contributed by atoms with Crippen LogP contribution in [0.25, 0.3) is 0 Å². The SMILES string of the molecule is O=C(Cc1cccs1)NCC[NH+]1CCOCC1. The van der Waals surface area contributed by atoms with Crippen LogP contribution < -0.4 is 10.2 Å². The maximum absolute atomic E-state index is 11.6. The summed E-state index contributed by atoms with van der Waals surface area (Å²) in [5.74, 6) is 0.125. The van der Waals surface area contributed by atoms with Gasteiger partial charge in [0.1, 0.15) is 13.1 Å². The molecule has 0 radical (unpaired) electrons. The van der Waals surface area contributed by atoms with Crippen molar-refractivity contribution < 1.29 is 14.4 Å². The van der Waals surface area contributed by atoms with Crippen LogP contribution in [0.2, 0.25) is 0 Å². The van der Waals surface area contributed by atoms with Crippen LogP contribution in [-0.2, 0) is 16.0 Å². The number of amides is 1. The summed E-state index contributed by atoms with van der Waals surface area (Å²) in [5.41, 5.74) is 0. The Bertz CT molecular complexity index is 334. The molecule has 2 rings (SSSR count). The van der Waals surface area contributed by atoms with Crippen LogP contribution in [0.1, 0.15) is 4.88 Å². The van der Waals surface area contributed by atoms with Gasteiger partial charge in [-0.1, -0.05) is 6.07 Å². The Labute approximate surface area is 106 Å². The van der Waals surface area contributed by atoms with Gasteiger partial charge in [0, 0.05) is 4.88 Å². The summed E-state index contributed by atoms with van der Waals surface area (Å²) in [6.45, 7) is 5.57. The second kappa shape index (κ2) is 6.74. The molecule has 0 saturated carbocycles. The molecule has 0 aromatic carbocycles. The lowest BCUT2D eigenvalue weighted by molar-refractivity contribution is -0.906. The van der Waals surface area contributed by atoms with E-state index in [2.05, 4.69) is 5.32 Å². The molecule has 0 aliphatic carbocycles. The number of ether oxygens (including phenoxy) is 1. The van der Waals surface area contributed by atoms with E-state index in [-0.39, 0.29) is 5.91 Å². The molecule has 1 saturated heterocycles. The van der Waals surface area contributed by atoms with Crippen molar-refractivity contribution in [2.75, 3.05) is 39.4 Å². The molecule has 1 aromatic rings. The minimum absolute atomic E-state index is 0.125. The molecule has 94 valence electrons. The van der Waals surface area contributed by atoms with Gasteiger partial charge in [0.2, 0.25) is 5.91 Å². The third-order valence-corrected chi connectivity index (χ3v) is 3.79. The van der Waals surface area contributed by atoms with Crippen molar-refractivity contribution >= 4 is 17.2 Å². The second-order valence-electron chi connectivity index (χ2n) is 4.22. The lowest BCUT2D eigenvalue weighted by Crippen LogP contribution is -3.14. The van der Waals surface area contributed by atoms with E-state index in [0.29, 0.717) is 6.42 Å². The van der Waals surface area contributed by atoms with Crippen LogP contribution >= 0.6 is 11.3 Å². The van der Waals surface area contributed by atoms with Crippen molar-refractivity contribution in [2.45, 2.75) is 6.42 Å². The van der Waals surface area contributed by atoms with E-state index in [1.54, 1.807) is 11.3 Å². The van der Waals surface area contributed by atoms with Gasteiger partial charge >= 0.3 is 0 Å².